The number of nitrogens with zero attached hydrogens (tertiary/aromatic N) is 1. The van der Waals surface area contributed by atoms with Crippen molar-refractivity contribution in [2.24, 2.45) is 0 Å². The van der Waals surface area contributed by atoms with Crippen LogP contribution in [0.15, 0.2) is 12.1 Å². The highest BCUT2D eigenvalue weighted by molar-refractivity contribution is 6.06. The van der Waals surface area contributed by atoms with Gasteiger partial charge in [0.05, 0.1) is 5.52 Å². The second kappa shape index (κ2) is 3.38. The molecule has 2 N–H and O–H groups in total. The van der Waals surface area contributed by atoms with Gasteiger partial charge in [0, 0.05) is 12.4 Å². The lowest BCUT2D eigenvalue weighted by Crippen LogP contribution is -2.18. The Balaban J connectivity index is 2.77. The van der Waals surface area contributed by atoms with Gasteiger partial charge in [-0.15, -0.1) is 0 Å². The molecule has 0 spiro atoms. The second-order valence-corrected chi connectivity index (χ2v) is 3.58. The molecule has 0 saturated carbocycles. The van der Waals surface area contributed by atoms with Crippen LogP contribution in [0.3, 0.4) is 0 Å². The molecule has 0 aliphatic carbocycles. The van der Waals surface area contributed by atoms with E-state index in [0.29, 0.717) is 5.69 Å². The Labute approximate surface area is 87.7 Å². The predicted octanol–water partition coefficient (Wildman–Crippen LogP) is 1.54. The number of amides is 1. The van der Waals surface area contributed by atoms with Crippen molar-refractivity contribution in [2.75, 3.05) is 7.05 Å². The van der Waals surface area contributed by atoms with E-state index in [9.17, 15) is 4.79 Å². The molecule has 0 bridgehead atoms. The Morgan fingerprint density at radius 3 is 2.80 bits per heavy atom. The number of hydrogen-bond donors (Lipinski definition) is 2. The highest BCUT2D eigenvalue weighted by Gasteiger charge is 2.14. The number of hydrogen-bond acceptors (Lipinski definition) is 2. The molecule has 78 valence electrons. The van der Waals surface area contributed by atoms with E-state index in [1.807, 2.05) is 26.0 Å². The molecule has 1 aromatic heterocycles. The molecule has 0 aliphatic heterocycles. The van der Waals surface area contributed by atoms with Gasteiger partial charge in [-0.1, -0.05) is 6.07 Å². The van der Waals surface area contributed by atoms with Crippen LogP contribution in [0.25, 0.3) is 10.9 Å². The average molecular weight is 203 g/mol. The van der Waals surface area contributed by atoms with E-state index in [0.717, 1.165) is 22.0 Å². The molecule has 2 rings (SSSR count). The zero-order valence-corrected chi connectivity index (χ0v) is 9.01. The molecule has 4 nitrogen and oxygen atoms in total. The van der Waals surface area contributed by atoms with E-state index >= 15 is 0 Å². The first kappa shape index (κ1) is 9.71. The number of rotatable bonds is 1. The van der Waals surface area contributed by atoms with Crippen LogP contribution in [0.5, 0.6) is 0 Å². The number of carbonyl (C=O) groups excluding carboxylic acids is 1. The standard InChI is InChI=1S/C11H13N3O/c1-6-4-5-8-9(7(6)2)10(14-13-8)11(15)12-3/h4-5H,1-3H3,(H,12,15)(H,13,14). The number of nitrogens with one attached hydrogen (secondary N) is 2. The summed E-state index contributed by atoms with van der Waals surface area (Å²) in [5.74, 6) is -0.157. The van der Waals surface area contributed by atoms with Crippen LogP contribution in [-0.4, -0.2) is 23.2 Å². The molecule has 0 fully saturated rings. The average Bonchev–Trinajstić information content (AvgIpc) is 2.67. The fraction of sp³-hybridized carbons (Fsp3) is 0.273. The van der Waals surface area contributed by atoms with Crippen LogP contribution in [0.4, 0.5) is 0 Å². The molecule has 0 aliphatic rings. The van der Waals surface area contributed by atoms with Gasteiger partial charge in [0.2, 0.25) is 0 Å². The molecular weight excluding hydrogens is 190 g/mol. The Morgan fingerprint density at radius 1 is 1.40 bits per heavy atom. The Kier molecular flexibility index (Phi) is 2.19. The second-order valence-electron chi connectivity index (χ2n) is 3.58. The van der Waals surface area contributed by atoms with Gasteiger partial charge >= 0.3 is 0 Å². The van der Waals surface area contributed by atoms with Crippen molar-refractivity contribution in [3.05, 3.63) is 29.0 Å². The Morgan fingerprint density at radius 2 is 2.13 bits per heavy atom. The van der Waals surface area contributed by atoms with E-state index in [1.165, 1.54) is 0 Å². The molecule has 1 heterocycles. The van der Waals surface area contributed by atoms with Crippen LogP contribution in [-0.2, 0) is 0 Å². The van der Waals surface area contributed by atoms with Crippen molar-refractivity contribution in [3.63, 3.8) is 0 Å². The third kappa shape index (κ3) is 1.38. The number of aromatic amines is 1. The largest absolute Gasteiger partial charge is 0.354 e. The van der Waals surface area contributed by atoms with Crippen molar-refractivity contribution in [3.8, 4) is 0 Å². The van der Waals surface area contributed by atoms with Gasteiger partial charge in [-0.3, -0.25) is 9.89 Å². The number of carbonyl (C=O) groups is 1. The molecule has 0 unspecified atom stereocenters. The third-order valence-corrected chi connectivity index (χ3v) is 2.70. The molecule has 2 aromatic rings. The van der Waals surface area contributed by atoms with E-state index in [4.69, 9.17) is 0 Å². The highest BCUT2D eigenvalue weighted by atomic mass is 16.1. The van der Waals surface area contributed by atoms with Crippen molar-refractivity contribution >= 4 is 16.8 Å². The first-order chi connectivity index (χ1) is 7.15. The maximum absolute atomic E-state index is 11.6. The van der Waals surface area contributed by atoms with E-state index < -0.39 is 0 Å². The maximum Gasteiger partial charge on any atom is 0.272 e. The molecule has 0 atom stereocenters. The summed E-state index contributed by atoms with van der Waals surface area (Å²) in [6, 6.07) is 3.96. The summed E-state index contributed by atoms with van der Waals surface area (Å²) in [5, 5.41) is 10.4. The third-order valence-electron chi connectivity index (χ3n) is 2.70. The molecule has 0 saturated heterocycles. The molecule has 1 amide bonds. The number of fused-ring (bicyclic) bond motifs is 1. The minimum Gasteiger partial charge on any atom is -0.354 e. The fourth-order valence-electron chi connectivity index (χ4n) is 1.67. The van der Waals surface area contributed by atoms with Crippen LogP contribution >= 0.6 is 0 Å². The van der Waals surface area contributed by atoms with E-state index in [1.54, 1.807) is 7.05 Å². The monoisotopic (exact) mass is 203 g/mol. The molecule has 0 radical (unpaired) electrons. The number of aromatic nitrogens is 2. The van der Waals surface area contributed by atoms with E-state index in [2.05, 4.69) is 15.5 Å². The zero-order valence-electron chi connectivity index (χ0n) is 9.01. The number of benzene rings is 1. The summed E-state index contributed by atoms with van der Waals surface area (Å²) in [6.45, 7) is 4.02. The fourth-order valence-corrected chi connectivity index (χ4v) is 1.67. The number of aryl methyl sites for hydroxylation is 2. The molecule has 15 heavy (non-hydrogen) atoms. The Bertz CT molecular complexity index is 528. The van der Waals surface area contributed by atoms with Crippen molar-refractivity contribution in [1.82, 2.24) is 15.5 Å². The quantitative estimate of drug-likeness (QED) is 0.738. The van der Waals surface area contributed by atoms with Gasteiger partial charge in [-0.25, -0.2) is 0 Å². The maximum atomic E-state index is 11.6. The van der Waals surface area contributed by atoms with Gasteiger partial charge in [-0.05, 0) is 31.0 Å². The summed E-state index contributed by atoms with van der Waals surface area (Å²) in [6.07, 6.45) is 0. The van der Waals surface area contributed by atoms with Crippen LogP contribution in [0, 0.1) is 13.8 Å². The first-order valence-electron chi connectivity index (χ1n) is 4.81. The van der Waals surface area contributed by atoms with Gasteiger partial charge in [-0.2, -0.15) is 5.10 Å². The zero-order chi connectivity index (χ0) is 11.0. The van der Waals surface area contributed by atoms with Gasteiger partial charge in [0.15, 0.2) is 5.69 Å². The van der Waals surface area contributed by atoms with Gasteiger partial charge < -0.3 is 5.32 Å². The highest BCUT2D eigenvalue weighted by Crippen LogP contribution is 2.22. The molecule has 4 heteroatoms. The van der Waals surface area contributed by atoms with Crippen LogP contribution < -0.4 is 5.32 Å². The minimum atomic E-state index is -0.157. The lowest BCUT2D eigenvalue weighted by molar-refractivity contribution is 0.0959. The molecule has 1 aromatic carbocycles. The summed E-state index contributed by atoms with van der Waals surface area (Å²) in [4.78, 5) is 11.6. The normalized spacial score (nSPS) is 10.6. The van der Waals surface area contributed by atoms with Crippen molar-refractivity contribution in [1.29, 1.82) is 0 Å². The molecular formula is C11H13N3O. The van der Waals surface area contributed by atoms with Crippen LogP contribution in [0.1, 0.15) is 21.6 Å². The predicted molar refractivity (Wildman–Crippen MR) is 59.0 cm³/mol. The summed E-state index contributed by atoms with van der Waals surface area (Å²) < 4.78 is 0. The lowest BCUT2D eigenvalue weighted by Gasteiger charge is -2.02. The Hall–Kier alpha value is -1.84. The topological polar surface area (TPSA) is 57.8 Å². The van der Waals surface area contributed by atoms with Crippen LogP contribution in [0.2, 0.25) is 0 Å². The van der Waals surface area contributed by atoms with Crippen molar-refractivity contribution < 1.29 is 4.79 Å². The lowest BCUT2D eigenvalue weighted by atomic mass is 10.0. The van der Waals surface area contributed by atoms with Gasteiger partial charge in [0.1, 0.15) is 0 Å². The number of H-pyrrole nitrogens is 1. The first-order valence-corrected chi connectivity index (χ1v) is 4.81. The van der Waals surface area contributed by atoms with Gasteiger partial charge in [0.25, 0.3) is 5.91 Å². The smallest absolute Gasteiger partial charge is 0.272 e. The van der Waals surface area contributed by atoms with E-state index in [-0.39, 0.29) is 5.91 Å². The summed E-state index contributed by atoms with van der Waals surface area (Å²) in [5.41, 5.74) is 3.62. The SMILES string of the molecule is CNC(=O)c1n[nH]c2ccc(C)c(C)c12. The summed E-state index contributed by atoms with van der Waals surface area (Å²) in [7, 11) is 1.61. The van der Waals surface area contributed by atoms with Crippen molar-refractivity contribution in [2.45, 2.75) is 13.8 Å². The minimum absolute atomic E-state index is 0.157. The summed E-state index contributed by atoms with van der Waals surface area (Å²) >= 11 is 0.